The van der Waals surface area contributed by atoms with Crippen molar-refractivity contribution in [2.24, 2.45) is 0 Å². The molecule has 0 bridgehead atoms. The normalized spacial score (nSPS) is 13.7. The average Bonchev–Trinajstić information content (AvgIpc) is 2.88. The molecule has 4 heteroatoms. The Hall–Kier alpha value is -1.88. The number of aliphatic hydroxyl groups excluding tert-OH is 2. The highest BCUT2D eigenvalue weighted by Gasteiger charge is 2.18. The third-order valence-electron chi connectivity index (χ3n) is 4.28. The zero-order valence-electron chi connectivity index (χ0n) is 13.7. The van der Waals surface area contributed by atoms with E-state index < -0.39 is 6.10 Å². The Balaban J connectivity index is 1.90. The van der Waals surface area contributed by atoms with Crippen molar-refractivity contribution in [3.8, 4) is 0 Å². The van der Waals surface area contributed by atoms with Gasteiger partial charge in [-0.15, -0.1) is 0 Å². The molecule has 4 nitrogen and oxygen atoms in total. The van der Waals surface area contributed by atoms with Crippen molar-refractivity contribution in [3.05, 3.63) is 48.5 Å². The molecule has 1 heterocycles. The van der Waals surface area contributed by atoms with Crippen LogP contribution in [-0.2, 0) is 6.54 Å². The summed E-state index contributed by atoms with van der Waals surface area (Å²) in [5, 5.41) is 25.3. The number of β-amino-alcohol motifs (C(OH)–C–C–N with tert-alkyl or cyclic N) is 1. The van der Waals surface area contributed by atoms with Crippen molar-refractivity contribution in [2.75, 3.05) is 13.2 Å². The molecule has 3 aromatic rings. The molecular weight excluding hydrogens is 288 g/mol. The Morgan fingerprint density at radius 2 is 1.52 bits per heavy atom. The fraction of sp³-hybridized carbons (Fsp3) is 0.368. The first-order valence-corrected chi connectivity index (χ1v) is 8.02. The first-order chi connectivity index (χ1) is 11.0. The molecular formula is C19H24N2O2. The number of benzene rings is 2. The number of fused-ring (bicyclic) bond motifs is 3. The standard InChI is InChI=1S/C19H24N2O2/c1-19(2,13-22)20-11-14(23)12-21-17-9-5-3-7-15(17)16-8-4-6-10-18(16)21/h3-10,14,20,22-23H,11-13H2,1-2H3/t14-/m1/s1. The van der Waals surface area contributed by atoms with Crippen LogP contribution in [0.5, 0.6) is 0 Å². The van der Waals surface area contributed by atoms with Crippen LogP contribution in [0.15, 0.2) is 48.5 Å². The van der Waals surface area contributed by atoms with Gasteiger partial charge in [0.25, 0.3) is 0 Å². The summed E-state index contributed by atoms with van der Waals surface area (Å²) in [7, 11) is 0. The minimum absolute atomic E-state index is 0.0368. The van der Waals surface area contributed by atoms with Crippen LogP contribution in [0, 0.1) is 0 Å². The van der Waals surface area contributed by atoms with Crippen LogP contribution >= 0.6 is 0 Å². The third-order valence-corrected chi connectivity index (χ3v) is 4.28. The summed E-state index contributed by atoms with van der Waals surface area (Å²) in [5.74, 6) is 0. The number of rotatable bonds is 6. The lowest BCUT2D eigenvalue weighted by Crippen LogP contribution is -2.46. The highest BCUT2D eigenvalue weighted by Crippen LogP contribution is 2.28. The minimum atomic E-state index is -0.528. The fourth-order valence-electron chi connectivity index (χ4n) is 2.93. The van der Waals surface area contributed by atoms with E-state index in [-0.39, 0.29) is 12.1 Å². The van der Waals surface area contributed by atoms with Gasteiger partial charge < -0.3 is 20.1 Å². The molecule has 2 aromatic carbocycles. The molecule has 0 unspecified atom stereocenters. The summed E-state index contributed by atoms with van der Waals surface area (Å²) in [6.07, 6.45) is -0.528. The largest absolute Gasteiger partial charge is 0.394 e. The maximum absolute atomic E-state index is 10.4. The first-order valence-electron chi connectivity index (χ1n) is 8.02. The summed E-state index contributed by atoms with van der Waals surface area (Å²) in [6.45, 7) is 4.83. The molecule has 0 aliphatic rings. The maximum Gasteiger partial charge on any atom is 0.0843 e. The first kappa shape index (κ1) is 16.0. The summed E-state index contributed by atoms with van der Waals surface area (Å²) in [4.78, 5) is 0. The zero-order valence-corrected chi connectivity index (χ0v) is 13.7. The smallest absolute Gasteiger partial charge is 0.0843 e. The van der Waals surface area contributed by atoms with Crippen molar-refractivity contribution in [1.82, 2.24) is 9.88 Å². The van der Waals surface area contributed by atoms with Gasteiger partial charge in [0.1, 0.15) is 0 Å². The molecule has 0 spiro atoms. The summed E-state index contributed by atoms with van der Waals surface area (Å²) in [6, 6.07) is 16.6. The average molecular weight is 312 g/mol. The molecule has 1 atom stereocenters. The number of aromatic nitrogens is 1. The number of aliphatic hydroxyl groups is 2. The van der Waals surface area contributed by atoms with Gasteiger partial charge in [-0.05, 0) is 26.0 Å². The predicted molar refractivity (Wildman–Crippen MR) is 94.6 cm³/mol. The highest BCUT2D eigenvalue weighted by atomic mass is 16.3. The van der Waals surface area contributed by atoms with Gasteiger partial charge in [-0.2, -0.15) is 0 Å². The van der Waals surface area contributed by atoms with E-state index in [1.807, 2.05) is 38.1 Å². The lowest BCUT2D eigenvalue weighted by molar-refractivity contribution is 0.124. The number of hydrogen-bond donors (Lipinski definition) is 3. The summed E-state index contributed by atoms with van der Waals surface area (Å²) < 4.78 is 2.17. The number of nitrogens with one attached hydrogen (secondary N) is 1. The fourth-order valence-corrected chi connectivity index (χ4v) is 2.93. The second-order valence-electron chi connectivity index (χ2n) is 6.72. The molecule has 0 saturated carbocycles. The molecule has 0 amide bonds. The van der Waals surface area contributed by atoms with Crippen LogP contribution in [-0.4, -0.2) is 39.6 Å². The molecule has 3 N–H and O–H groups in total. The van der Waals surface area contributed by atoms with Gasteiger partial charge in [-0.3, -0.25) is 0 Å². The van der Waals surface area contributed by atoms with E-state index in [4.69, 9.17) is 0 Å². The van der Waals surface area contributed by atoms with Crippen LogP contribution in [0.25, 0.3) is 21.8 Å². The van der Waals surface area contributed by atoms with Crippen LogP contribution in [0.2, 0.25) is 0 Å². The van der Waals surface area contributed by atoms with Crippen molar-refractivity contribution in [2.45, 2.75) is 32.0 Å². The number of para-hydroxylation sites is 2. The molecule has 0 radical (unpaired) electrons. The van der Waals surface area contributed by atoms with Gasteiger partial charge in [-0.25, -0.2) is 0 Å². The molecule has 0 saturated heterocycles. The molecule has 1 aromatic heterocycles. The molecule has 0 aliphatic carbocycles. The molecule has 0 fully saturated rings. The van der Waals surface area contributed by atoms with Crippen molar-refractivity contribution < 1.29 is 10.2 Å². The Kier molecular flexibility index (Phi) is 4.39. The zero-order chi connectivity index (χ0) is 16.4. The van der Waals surface area contributed by atoms with Gasteiger partial charge >= 0.3 is 0 Å². The van der Waals surface area contributed by atoms with Crippen LogP contribution in [0.4, 0.5) is 0 Å². The number of nitrogens with zero attached hydrogens (tertiary/aromatic N) is 1. The van der Waals surface area contributed by atoms with E-state index in [9.17, 15) is 10.2 Å². The summed E-state index contributed by atoms with van der Waals surface area (Å²) in [5.41, 5.74) is 1.88. The van der Waals surface area contributed by atoms with Crippen LogP contribution in [0.3, 0.4) is 0 Å². The van der Waals surface area contributed by atoms with E-state index in [1.54, 1.807) is 0 Å². The van der Waals surface area contributed by atoms with Gasteiger partial charge in [0.2, 0.25) is 0 Å². The van der Waals surface area contributed by atoms with Gasteiger partial charge in [-0.1, -0.05) is 36.4 Å². The number of hydrogen-bond acceptors (Lipinski definition) is 3. The second-order valence-corrected chi connectivity index (χ2v) is 6.72. The quantitative estimate of drug-likeness (QED) is 0.655. The van der Waals surface area contributed by atoms with Crippen LogP contribution < -0.4 is 5.32 Å². The molecule has 23 heavy (non-hydrogen) atoms. The minimum Gasteiger partial charge on any atom is -0.394 e. The molecule has 122 valence electrons. The SMILES string of the molecule is CC(C)(CO)NC[C@@H](O)Cn1c2ccccc2c2ccccc21. The predicted octanol–water partition coefficient (Wildman–Crippen LogP) is 2.52. The Morgan fingerprint density at radius 1 is 1.00 bits per heavy atom. The van der Waals surface area contributed by atoms with E-state index >= 15 is 0 Å². The second kappa shape index (κ2) is 6.32. The topological polar surface area (TPSA) is 57.4 Å². The monoisotopic (exact) mass is 312 g/mol. The Labute approximate surface area is 136 Å². The van der Waals surface area contributed by atoms with Gasteiger partial charge in [0, 0.05) is 33.9 Å². The molecule has 3 rings (SSSR count). The lowest BCUT2D eigenvalue weighted by atomic mass is 10.1. The van der Waals surface area contributed by atoms with Crippen molar-refractivity contribution in [3.63, 3.8) is 0 Å². The summed E-state index contributed by atoms with van der Waals surface area (Å²) >= 11 is 0. The highest BCUT2D eigenvalue weighted by molar-refractivity contribution is 6.07. The van der Waals surface area contributed by atoms with Gasteiger partial charge in [0.15, 0.2) is 0 Å². The van der Waals surface area contributed by atoms with Crippen molar-refractivity contribution >= 4 is 21.8 Å². The molecule has 0 aliphatic heterocycles. The van der Waals surface area contributed by atoms with Crippen molar-refractivity contribution in [1.29, 1.82) is 0 Å². The lowest BCUT2D eigenvalue weighted by Gasteiger charge is -2.25. The third kappa shape index (κ3) is 3.24. The van der Waals surface area contributed by atoms with E-state index in [0.717, 1.165) is 11.0 Å². The van der Waals surface area contributed by atoms with Gasteiger partial charge in [0.05, 0.1) is 19.3 Å². The Bertz CT molecular complexity index is 754. The van der Waals surface area contributed by atoms with E-state index in [1.165, 1.54) is 10.8 Å². The maximum atomic E-state index is 10.4. The van der Waals surface area contributed by atoms with E-state index in [0.29, 0.717) is 13.1 Å². The van der Waals surface area contributed by atoms with E-state index in [2.05, 4.69) is 34.1 Å². The van der Waals surface area contributed by atoms with Crippen LogP contribution in [0.1, 0.15) is 13.8 Å². The Morgan fingerprint density at radius 3 is 2.04 bits per heavy atom.